The molecule has 0 saturated carbocycles. The van der Waals surface area contributed by atoms with Crippen molar-refractivity contribution in [3.05, 3.63) is 41.2 Å². The summed E-state index contributed by atoms with van der Waals surface area (Å²) >= 11 is 1.72. The van der Waals surface area contributed by atoms with Crippen LogP contribution < -0.4 is 5.32 Å². The molecule has 110 valence electrons. The van der Waals surface area contributed by atoms with Crippen LogP contribution in [0, 0.1) is 0 Å². The quantitative estimate of drug-likeness (QED) is 0.855. The lowest BCUT2D eigenvalue weighted by atomic mass is 10.1. The molecular weight excluding hydrogens is 278 g/mol. The molecule has 0 spiro atoms. The van der Waals surface area contributed by atoms with Gasteiger partial charge in [-0.3, -0.25) is 0 Å². The van der Waals surface area contributed by atoms with E-state index in [1.165, 1.54) is 35.3 Å². The molecule has 0 amide bonds. The second kappa shape index (κ2) is 6.06. The minimum atomic E-state index is 0.331. The van der Waals surface area contributed by atoms with Crippen LogP contribution in [0.3, 0.4) is 0 Å². The number of hydrogen-bond acceptors (Lipinski definition) is 4. The number of anilines is 1. The average molecular weight is 299 g/mol. The Morgan fingerprint density at radius 3 is 2.67 bits per heavy atom. The van der Waals surface area contributed by atoms with E-state index in [2.05, 4.69) is 47.3 Å². The highest BCUT2D eigenvalue weighted by Crippen LogP contribution is 2.32. The molecule has 0 radical (unpaired) electrons. The van der Waals surface area contributed by atoms with Gasteiger partial charge in [0.2, 0.25) is 0 Å². The zero-order valence-electron chi connectivity index (χ0n) is 12.8. The fourth-order valence-electron chi connectivity index (χ4n) is 2.61. The summed E-state index contributed by atoms with van der Waals surface area (Å²) in [5.74, 6) is 2.11. The van der Waals surface area contributed by atoms with Gasteiger partial charge in [0.15, 0.2) is 0 Å². The van der Waals surface area contributed by atoms with E-state index in [0.29, 0.717) is 5.92 Å². The summed E-state index contributed by atoms with van der Waals surface area (Å²) in [6.45, 7) is 4.25. The fraction of sp³-hybridized carbons (Fsp3) is 0.412. The van der Waals surface area contributed by atoms with Gasteiger partial charge in [-0.05, 0) is 42.5 Å². The summed E-state index contributed by atoms with van der Waals surface area (Å²) in [5.41, 5.74) is 3.02. The number of fused-ring (bicyclic) bond motifs is 1. The molecule has 3 nitrogen and oxygen atoms in total. The molecule has 1 aliphatic carbocycles. The molecule has 3 rings (SSSR count). The second-order valence-corrected chi connectivity index (χ2v) is 6.83. The maximum atomic E-state index is 4.68. The lowest BCUT2D eigenvalue weighted by Gasteiger charge is -2.10. The van der Waals surface area contributed by atoms with Gasteiger partial charge in [-0.15, -0.1) is 0 Å². The zero-order chi connectivity index (χ0) is 14.8. The molecular formula is C17H21N3S. The van der Waals surface area contributed by atoms with Crippen molar-refractivity contribution in [2.24, 2.45) is 0 Å². The molecule has 0 atom stereocenters. The van der Waals surface area contributed by atoms with E-state index < -0.39 is 0 Å². The summed E-state index contributed by atoms with van der Waals surface area (Å²) in [6.07, 6.45) is 3.74. The first-order chi connectivity index (χ1) is 10.2. The number of nitrogens with zero attached hydrogens (tertiary/aromatic N) is 2. The van der Waals surface area contributed by atoms with Crippen LogP contribution in [0.25, 0.3) is 0 Å². The number of nitrogens with one attached hydrogen (secondary N) is 1. The van der Waals surface area contributed by atoms with E-state index in [9.17, 15) is 0 Å². The normalized spacial score (nSPS) is 13.5. The molecule has 1 N–H and O–H groups in total. The van der Waals surface area contributed by atoms with Crippen molar-refractivity contribution in [2.75, 3.05) is 12.4 Å². The number of rotatable bonds is 4. The van der Waals surface area contributed by atoms with Crippen LogP contribution in [0.1, 0.15) is 43.1 Å². The monoisotopic (exact) mass is 299 g/mol. The zero-order valence-corrected chi connectivity index (χ0v) is 13.6. The van der Waals surface area contributed by atoms with Crippen molar-refractivity contribution in [2.45, 2.75) is 48.9 Å². The van der Waals surface area contributed by atoms with Crippen LogP contribution in [0.15, 0.2) is 34.2 Å². The van der Waals surface area contributed by atoms with E-state index in [-0.39, 0.29) is 0 Å². The number of aromatic nitrogens is 2. The van der Waals surface area contributed by atoms with Crippen LogP contribution in [0.4, 0.5) is 5.82 Å². The summed E-state index contributed by atoms with van der Waals surface area (Å²) in [5, 5.41) is 4.14. The highest BCUT2D eigenvalue weighted by Gasteiger charge is 2.13. The minimum absolute atomic E-state index is 0.331. The Labute approximate surface area is 130 Å². The van der Waals surface area contributed by atoms with E-state index in [4.69, 9.17) is 0 Å². The number of hydrogen-bond donors (Lipinski definition) is 1. The maximum Gasteiger partial charge on any atom is 0.134 e. The highest BCUT2D eigenvalue weighted by molar-refractivity contribution is 7.99. The van der Waals surface area contributed by atoms with Gasteiger partial charge in [-0.1, -0.05) is 31.7 Å². The van der Waals surface area contributed by atoms with Crippen LogP contribution in [-0.2, 0) is 12.8 Å². The molecule has 0 bridgehead atoms. The molecule has 1 aromatic heterocycles. The lowest BCUT2D eigenvalue weighted by molar-refractivity contribution is 0.755. The van der Waals surface area contributed by atoms with Gasteiger partial charge >= 0.3 is 0 Å². The van der Waals surface area contributed by atoms with Crippen molar-refractivity contribution in [3.63, 3.8) is 0 Å². The lowest BCUT2D eigenvalue weighted by Crippen LogP contribution is -2.02. The first-order valence-corrected chi connectivity index (χ1v) is 8.34. The molecule has 0 fully saturated rings. The molecule has 0 saturated heterocycles. The second-order valence-electron chi connectivity index (χ2n) is 5.74. The molecule has 21 heavy (non-hydrogen) atoms. The van der Waals surface area contributed by atoms with Crippen LogP contribution in [-0.4, -0.2) is 17.0 Å². The predicted octanol–water partition coefficient (Wildman–Crippen LogP) is 4.28. The topological polar surface area (TPSA) is 37.8 Å². The Kier molecular flexibility index (Phi) is 4.15. The Hall–Kier alpha value is -1.55. The third-order valence-corrected chi connectivity index (χ3v) is 4.69. The first-order valence-electron chi connectivity index (χ1n) is 7.52. The highest BCUT2D eigenvalue weighted by atomic mass is 32.2. The Morgan fingerprint density at radius 2 is 1.90 bits per heavy atom. The summed E-state index contributed by atoms with van der Waals surface area (Å²) in [6, 6.07) is 8.83. The van der Waals surface area contributed by atoms with Crippen LogP contribution >= 0.6 is 11.8 Å². The van der Waals surface area contributed by atoms with Gasteiger partial charge < -0.3 is 5.32 Å². The molecule has 0 unspecified atom stereocenters. The van der Waals surface area contributed by atoms with Crippen molar-refractivity contribution >= 4 is 17.6 Å². The predicted molar refractivity (Wildman–Crippen MR) is 88.3 cm³/mol. The van der Waals surface area contributed by atoms with Gasteiger partial charge in [0.1, 0.15) is 16.7 Å². The van der Waals surface area contributed by atoms with E-state index >= 15 is 0 Å². The maximum absolute atomic E-state index is 4.68. The third-order valence-electron chi connectivity index (χ3n) is 3.78. The van der Waals surface area contributed by atoms with Crippen molar-refractivity contribution in [3.8, 4) is 0 Å². The van der Waals surface area contributed by atoms with Crippen LogP contribution in [0.2, 0.25) is 0 Å². The Morgan fingerprint density at radius 1 is 1.10 bits per heavy atom. The first kappa shape index (κ1) is 14.4. The van der Waals surface area contributed by atoms with Gasteiger partial charge in [0.05, 0.1) is 0 Å². The fourth-order valence-corrected chi connectivity index (χ4v) is 3.50. The van der Waals surface area contributed by atoms with E-state index in [1.54, 1.807) is 11.8 Å². The molecule has 1 aliphatic rings. The van der Waals surface area contributed by atoms with Gasteiger partial charge in [0.25, 0.3) is 0 Å². The van der Waals surface area contributed by atoms with E-state index in [0.717, 1.165) is 16.7 Å². The summed E-state index contributed by atoms with van der Waals surface area (Å²) in [7, 11) is 1.90. The third kappa shape index (κ3) is 3.21. The minimum Gasteiger partial charge on any atom is -0.373 e. The molecule has 4 heteroatoms. The van der Waals surface area contributed by atoms with Gasteiger partial charge in [-0.2, -0.15) is 0 Å². The van der Waals surface area contributed by atoms with E-state index in [1.807, 2.05) is 13.1 Å². The smallest absolute Gasteiger partial charge is 0.134 e. The molecule has 0 aliphatic heterocycles. The SMILES string of the molecule is CNc1cc(Sc2ccc3c(c2)CCC3)nc(C(C)C)n1. The summed E-state index contributed by atoms with van der Waals surface area (Å²) in [4.78, 5) is 10.5. The average Bonchev–Trinajstić information content (AvgIpc) is 2.94. The standard InChI is InChI=1S/C17H21N3S/c1-11(2)17-19-15(18-3)10-16(20-17)21-14-8-7-12-5-4-6-13(12)9-14/h7-11H,4-6H2,1-3H3,(H,18,19,20). The van der Waals surface area contributed by atoms with Gasteiger partial charge in [0, 0.05) is 23.9 Å². The van der Waals surface area contributed by atoms with Gasteiger partial charge in [-0.25, -0.2) is 9.97 Å². The largest absolute Gasteiger partial charge is 0.373 e. The molecule has 2 aromatic rings. The summed E-state index contributed by atoms with van der Waals surface area (Å²) < 4.78 is 0. The van der Waals surface area contributed by atoms with Crippen molar-refractivity contribution < 1.29 is 0 Å². The van der Waals surface area contributed by atoms with Crippen molar-refractivity contribution in [1.82, 2.24) is 9.97 Å². The molecule has 1 aromatic carbocycles. The Balaban J connectivity index is 1.88. The van der Waals surface area contributed by atoms with Crippen molar-refractivity contribution in [1.29, 1.82) is 0 Å². The van der Waals surface area contributed by atoms with Crippen LogP contribution in [0.5, 0.6) is 0 Å². The number of aryl methyl sites for hydroxylation is 2. The number of benzene rings is 1. The Bertz CT molecular complexity index is 652. The molecule has 1 heterocycles.